The molecule has 7 heteroatoms. The van der Waals surface area contributed by atoms with Crippen molar-refractivity contribution in [3.8, 4) is 5.75 Å². The van der Waals surface area contributed by atoms with Gasteiger partial charge in [0.2, 0.25) is 5.94 Å². The SMILES string of the molecule is O=S(=O)(COc1ccc(F)cc1F)Nc1ccccc1. The average molecular weight is 299 g/mol. The normalized spacial score (nSPS) is 11.1. The van der Waals surface area contributed by atoms with Crippen LogP contribution in [-0.4, -0.2) is 14.4 Å². The van der Waals surface area contributed by atoms with Gasteiger partial charge in [0.1, 0.15) is 5.82 Å². The van der Waals surface area contributed by atoms with Crippen LogP contribution in [0, 0.1) is 11.6 Å². The molecule has 2 rings (SSSR count). The first-order valence-electron chi connectivity index (χ1n) is 5.60. The Morgan fingerprint density at radius 2 is 1.75 bits per heavy atom. The van der Waals surface area contributed by atoms with Gasteiger partial charge in [-0.15, -0.1) is 0 Å². The molecule has 0 saturated carbocycles. The van der Waals surface area contributed by atoms with Crippen molar-refractivity contribution in [2.45, 2.75) is 0 Å². The van der Waals surface area contributed by atoms with Gasteiger partial charge in [0, 0.05) is 11.8 Å². The minimum absolute atomic E-state index is 0.329. The summed E-state index contributed by atoms with van der Waals surface area (Å²) < 4.78 is 56.5. The minimum atomic E-state index is -3.79. The summed E-state index contributed by atoms with van der Waals surface area (Å²) in [5, 5.41) is 0. The van der Waals surface area contributed by atoms with Crippen LogP contribution in [0.3, 0.4) is 0 Å². The third kappa shape index (κ3) is 3.92. The lowest BCUT2D eigenvalue weighted by Gasteiger charge is -2.10. The molecule has 0 bridgehead atoms. The molecule has 2 aromatic carbocycles. The Balaban J connectivity index is 2.02. The summed E-state index contributed by atoms with van der Waals surface area (Å²) >= 11 is 0. The number of benzene rings is 2. The molecule has 0 aliphatic rings. The topological polar surface area (TPSA) is 55.4 Å². The van der Waals surface area contributed by atoms with E-state index in [1.54, 1.807) is 30.3 Å². The molecule has 1 N–H and O–H groups in total. The van der Waals surface area contributed by atoms with Crippen molar-refractivity contribution in [1.82, 2.24) is 0 Å². The molecule has 106 valence electrons. The molecular weight excluding hydrogens is 288 g/mol. The predicted molar refractivity (Wildman–Crippen MR) is 70.8 cm³/mol. The fourth-order valence-electron chi connectivity index (χ4n) is 1.45. The third-order valence-electron chi connectivity index (χ3n) is 2.31. The van der Waals surface area contributed by atoms with Crippen LogP contribution in [0.1, 0.15) is 0 Å². The highest BCUT2D eigenvalue weighted by Gasteiger charge is 2.13. The van der Waals surface area contributed by atoms with E-state index in [4.69, 9.17) is 4.74 Å². The summed E-state index contributed by atoms with van der Waals surface area (Å²) in [6.07, 6.45) is 0. The molecule has 0 amide bonds. The Bertz CT molecular complexity index is 690. The Labute approximate surface area is 115 Å². The second kappa shape index (κ2) is 5.87. The van der Waals surface area contributed by atoms with Crippen molar-refractivity contribution in [3.05, 3.63) is 60.2 Å². The largest absolute Gasteiger partial charge is 0.473 e. The first-order chi connectivity index (χ1) is 9.46. The second-order valence-electron chi connectivity index (χ2n) is 3.92. The maximum absolute atomic E-state index is 13.3. The lowest BCUT2D eigenvalue weighted by Crippen LogP contribution is -2.20. The van der Waals surface area contributed by atoms with Gasteiger partial charge in [-0.2, -0.15) is 0 Å². The number of ether oxygens (including phenoxy) is 1. The van der Waals surface area contributed by atoms with Crippen LogP contribution in [0.5, 0.6) is 5.75 Å². The fourth-order valence-corrected chi connectivity index (χ4v) is 2.28. The van der Waals surface area contributed by atoms with Gasteiger partial charge in [-0.3, -0.25) is 4.72 Å². The zero-order chi connectivity index (χ0) is 14.6. The summed E-state index contributed by atoms with van der Waals surface area (Å²) in [6, 6.07) is 10.8. The monoisotopic (exact) mass is 299 g/mol. The molecule has 0 aromatic heterocycles. The van der Waals surface area contributed by atoms with Gasteiger partial charge in [0.05, 0.1) is 0 Å². The quantitative estimate of drug-likeness (QED) is 0.923. The highest BCUT2D eigenvalue weighted by atomic mass is 32.2. The maximum Gasteiger partial charge on any atom is 0.268 e. The summed E-state index contributed by atoms with van der Waals surface area (Å²) in [5.74, 6) is -2.82. The molecule has 0 saturated heterocycles. The van der Waals surface area contributed by atoms with E-state index in [-0.39, 0.29) is 5.75 Å². The summed E-state index contributed by atoms with van der Waals surface area (Å²) in [5.41, 5.74) is 0.371. The molecule has 0 heterocycles. The number of hydrogen-bond acceptors (Lipinski definition) is 3. The molecule has 4 nitrogen and oxygen atoms in total. The molecule has 0 unspecified atom stereocenters. The lowest BCUT2D eigenvalue weighted by molar-refractivity contribution is 0.354. The molecule has 0 aliphatic heterocycles. The Morgan fingerprint density at radius 3 is 2.40 bits per heavy atom. The highest BCUT2D eigenvalue weighted by molar-refractivity contribution is 7.92. The van der Waals surface area contributed by atoms with Gasteiger partial charge in [0.25, 0.3) is 10.0 Å². The van der Waals surface area contributed by atoms with E-state index in [0.29, 0.717) is 11.8 Å². The first kappa shape index (κ1) is 14.3. The number of para-hydroxylation sites is 1. The van der Waals surface area contributed by atoms with Gasteiger partial charge in [0.15, 0.2) is 11.6 Å². The van der Waals surface area contributed by atoms with Gasteiger partial charge < -0.3 is 4.74 Å². The maximum atomic E-state index is 13.3. The minimum Gasteiger partial charge on any atom is -0.473 e. The number of rotatable bonds is 5. The highest BCUT2D eigenvalue weighted by Crippen LogP contribution is 2.18. The molecule has 0 fully saturated rings. The predicted octanol–water partition coefficient (Wildman–Crippen LogP) is 2.74. The van der Waals surface area contributed by atoms with E-state index in [1.807, 2.05) is 0 Å². The summed E-state index contributed by atoms with van der Waals surface area (Å²) in [7, 11) is -3.79. The molecule has 20 heavy (non-hydrogen) atoms. The number of anilines is 1. The second-order valence-corrected chi connectivity index (χ2v) is 5.59. The molecule has 0 atom stereocenters. The number of halogens is 2. The van der Waals surface area contributed by atoms with Crippen molar-refractivity contribution in [1.29, 1.82) is 0 Å². The molecule has 2 aromatic rings. The molecule has 0 spiro atoms. The van der Waals surface area contributed by atoms with Gasteiger partial charge in [-0.1, -0.05) is 18.2 Å². The van der Waals surface area contributed by atoms with E-state index >= 15 is 0 Å². The van der Waals surface area contributed by atoms with Gasteiger partial charge in [-0.25, -0.2) is 17.2 Å². The summed E-state index contributed by atoms with van der Waals surface area (Å²) in [6.45, 7) is 0. The van der Waals surface area contributed by atoms with E-state index in [9.17, 15) is 17.2 Å². The van der Waals surface area contributed by atoms with Crippen LogP contribution in [0.2, 0.25) is 0 Å². The third-order valence-corrected chi connectivity index (χ3v) is 3.29. The van der Waals surface area contributed by atoms with E-state index in [0.717, 1.165) is 12.1 Å². The van der Waals surface area contributed by atoms with Crippen molar-refractivity contribution in [2.24, 2.45) is 0 Å². The van der Waals surface area contributed by atoms with Gasteiger partial charge >= 0.3 is 0 Å². The Hall–Kier alpha value is -2.15. The molecule has 0 radical (unpaired) electrons. The number of hydrogen-bond donors (Lipinski definition) is 1. The fraction of sp³-hybridized carbons (Fsp3) is 0.0769. The Morgan fingerprint density at radius 1 is 1.05 bits per heavy atom. The first-order valence-corrected chi connectivity index (χ1v) is 7.25. The van der Waals surface area contributed by atoms with Crippen molar-refractivity contribution < 1.29 is 21.9 Å². The standard InChI is InChI=1S/C13H11F2NO3S/c14-10-6-7-13(12(15)8-10)19-9-20(17,18)16-11-4-2-1-3-5-11/h1-8,16H,9H2. The van der Waals surface area contributed by atoms with Crippen LogP contribution >= 0.6 is 0 Å². The number of nitrogens with one attached hydrogen (secondary N) is 1. The Kier molecular flexibility index (Phi) is 4.19. The van der Waals surface area contributed by atoms with Crippen LogP contribution < -0.4 is 9.46 Å². The number of sulfonamides is 1. The van der Waals surface area contributed by atoms with Crippen LogP contribution in [-0.2, 0) is 10.0 Å². The van der Waals surface area contributed by atoms with Crippen LogP contribution in [0.25, 0.3) is 0 Å². The van der Waals surface area contributed by atoms with E-state index in [2.05, 4.69) is 4.72 Å². The lowest BCUT2D eigenvalue weighted by atomic mass is 10.3. The molecular formula is C13H11F2NO3S. The smallest absolute Gasteiger partial charge is 0.268 e. The van der Waals surface area contributed by atoms with E-state index < -0.39 is 27.6 Å². The van der Waals surface area contributed by atoms with Crippen LogP contribution in [0.4, 0.5) is 14.5 Å². The van der Waals surface area contributed by atoms with Crippen molar-refractivity contribution >= 4 is 15.7 Å². The zero-order valence-corrected chi connectivity index (χ0v) is 11.0. The zero-order valence-electron chi connectivity index (χ0n) is 10.2. The average Bonchev–Trinajstić information content (AvgIpc) is 2.38. The van der Waals surface area contributed by atoms with Crippen LogP contribution in [0.15, 0.2) is 48.5 Å². The molecule has 0 aliphatic carbocycles. The van der Waals surface area contributed by atoms with E-state index in [1.165, 1.54) is 0 Å². The van der Waals surface area contributed by atoms with Gasteiger partial charge in [-0.05, 0) is 24.3 Å². The summed E-state index contributed by atoms with van der Waals surface area (Å²) in [4.78, 5) is 0. The van der Waals surface area contributed by atoms with Crippen molar-refractivity contribution in [3.63, 3.8) is 0 Å². The van der Waals surface area contributed by atoms with Crippen molar-refractivity contribution in [2.75, 3.05) is 10.7 Å².